The summed E-state index contributed by atoms with van der Waals surface area (Å²) in [5.41, 5.74) is 3.34. The largest absolute Gasteiger partial charge is 0.480 e. The fourth-order valence-corrected chi connectivity index (χ4v) is 6.49. The highest BCUT2D eigenvalue weighted by molar-refractivity contribution is 5.74. The van der Waals surface area contributed by atoms with Gasteiger partial charge in [0.25, 0.3) is 0 Å². The summed E-state index contributed by atoms with van der Waals surface area (Å²) in [6, 6.07) is 6.28. The van der Waals surface area contributed by atoms with Gasteiger partial charge in [0, 0.05) is 49.0 Å². The number of nitrogens with one attached hydrogen (secondary N) is 1. The minimum absolute atomic E-state index is 0.0267. The Hall–Kier alpha value is -3.03. The summed E-state index contributed by atoms with van der Waals surface area (Å²) in [5, 5.41) is 0. The number of benzene rings is 1. The summed E-state index contributed by atoms with van der Waals surface area (Å²) < 4.78 is 12.5. The van der Waals surface area contributed by atoms with Crippen molar-refractivity contribution in [2.75, 3.05) is 19.7 Å². The zero-order valence-corrected chi connectivity index (χ0v) is 22.4. The quantitative estimate of drug-likeness (QED) is 0.582. The number of piperidine rings is 2. The van der Waals surface area contributed by atoms with Crippen molar-refractivity contribution >= 4 is 12.5 Å². The van der Waals surface area contributed by atoms with E-state index in [-0.39, 0.29) is 23.6 Å². The number of likely N-dealkylation sites (tertiary alicyclic amines) is 2. The third-order valence-corrected chi connectivity index (χ3v) is 8.92. The molecule has 1 aliphatic carbocycles. The smallest absolute Gasteiger partial charge is 0.410 e. The number of fused-ring (bicyclic) bond motifs is 4. The molecule has 1 saturated carbocycles. The van der Waals surface area contributed by atoms with Gasteiger partial charge in [-0.2, -0.15) is 0 Å². The molecule has 4 aliphatic rings. The van der Waals surface area contributed by atoms with E-state index in [9.17, 15) is 9.59 Å². The molecule has 0 radical (unpaired) electrons. The molecule has 3 atom stereocenters. The standard InChI is InChI=1S/C29H38N4O4/c1-18-5-8-22-23(13-18)37-29(10-12-33(19(2)14-29)27(35)36-16-20-6-7-20)25-24(22)30-26(31-25)21-9-11-32(17-34)28(3,4)15-21/h5,8,13,17,19-21H,6-7,9-12,14-16H2,1-4H3,(H,30,31)/t19-,21+,29+/m0/s1. The first-order chi connectivity index (χ1) is 17.7. The lowest BCUT2D eigenvalue weighted by molar-refractivity contribution is -0.125. The molecule has 1 aromatic carbocycles. The number of H-pyrrole nitrogens is 1. The van der Waals surface area contributed by atoms with Crippen LogP contribution in [0.15, 0.2) is 18.2 Å². The van der Waals surface area contributed by atoms with Gasteiger partial charge in [-0.05, 0) is 77.0 Å². The number of aromatic nitrogens is 2. The number of nitrogens with zero attached hydrogens (tertiary/aromatic N) is 3. The highest BCUT2D eigenvalue weighted by Crippen LogP contribution is 2.51. The Labute approximate surface area is 218 Å². The van der Waals surface area contributed by atoms with Crippen LogP contribution in [-0.2, 0) is 15.1 Å². The van der Waals surface area contributed by atoms with Gasteiger partial charge in [-0.25, -0.2) is 9.78 Å². The fraction of sp³-hybridized carbons (Fsp3) is 0.621. The highest BCUT2D eigenvalue weighted by atomic mass is 16.6. The summed E-state index contributed by atoms with van der Waals surface area (Å²) in [5.74, 6) is 2.61. The van der Waals surface area contributed by atoms with Crippen LogP contribution in [-0.4, -0.2) is 63.5 Å². The lowest BCUT2D eigenvalue weighted by atomic mass is 9.80. The molecule has 2 aromatic rings. The zero-order valence-electron chi connectivity index (χ0n) is 22.4. The number of aromatic amines is 1. The number of hydrogen-bond donors (Lipinski definition) is 1. The van der Waals surface area contributed by atoms with Gasteiger partial charge in [0.2, 0.25) is 6.41 Å². The number of ether oxygens (including phenoxy) is 2. The van der Waals surface area contributed by atoms with Crippen LogP contribution in [0.25, 0.3) is 11.3 Å². The van der Waals surface area contributed by atoms with Gasteiger partial charge in [-0.15, -0.1) is 0 Å². The van der Waals surface area contributed by atoms with Crippen molar-refractivity contribution in [2.24, 2.45) is 5.92 Å². The van der Waals surface area contributed by atoms with Crippen molar-refractivity contribution in [3.05, 3.63) is 35.3 Å². The van der Waals surface area contributed by atoms with Crippen molar-refractivity contribution in [1.29, 1.82) is 0 Å². The van der Waals surface area contributed by atoms with Crippen LogP contribution < -0.4 is 4.74 Å². The second-order valence-corrected chi connectivity index (χ2v) is 12.3. The molecule has 198 valence electrons. The Balaban J connectivity index is 1.32. The van der Waals surface area contributed by atoms with Crippen molar-refractivity contribution in [3.8, 4) is 17.0 Å². The molecular weight excluding hydrogens is 468 g/mol. The average Bonchev–Trinajstić information content (AvgIpc) is 3.57. The maximum Gasteiger partial charge on any atom is 0.410 e. The molecule has 3 fully saturated rings. The first-order valence-electron chi connectivity index (χ1n) is 13.7. The monoisotopic (exact) mass is 506 g/mol. The molecule has 1 spiro atoms. The van der Waals surface area contributed by atoms with Crippen molar-refractivity contribution in [3.63, 3.8) is 0 Å². The summed E-state index contributed by atoms with van der Waals surface area (Å²) >= 11 is 0. The van der Waals surface area contributed by atoms with Gasteiger partial charge in [0.05, 0.1) is 18.0 Å². The zero-order chi connectivity index (χ0) is 25.9. The Kier molecular flexibility index (Phi) is 5.77. The number of imidazole rings is 1. The van der Waals surface area contributed by atoms with Gasteiger partial charge in [0.15, 0.2) is 5.60 Å². The predicted octanol–water partition coefficient (Wildman–Crippen LogP) is 5.12. The average molecular weight is 507 g/mol. The second-order valence-electron chi connectivity index (χ2n) is 12.3. The predicted molar refractivity (Wildman–Crippen MR) is 139 cm³/mol. The summed E-state index contributed by atoms with van der Waals surface area (Å²) in [4.78, 5) is 37.1. The molecule has 0 unspecified atom stereocenters. The SMILES string of the molecule is Cc1ccc2c(c1)O[C@@]1(CCN(C(=O)OCC3CC3)[C@@H](C)C1)c1[nH]c([C@@H]3CCN(C=O)C(C)(C)C3)nc1-2. The molecule has 3 aliphatic heterocycles. The van der Waals surface area contributed by atoms with Gasteiger partial charge in [-0.3, -0.25) is 4.79 Å². The van der Waals surface area contributed by atoms with E-state index in [1.807, 2.05) is 9.80 Å². The number of carbonyl (C=O) groups excluding carboxylic acids is 2. The third-order valence-electron chi connectivity index (χ3n) is 8.92. The molecule has 8 heteroatoms. The van der Waals surface area contributed by atoms with Crippen LogP contribution in [0.3, 0.4) is 0 Å². The van der Waals surface area contributed by atoms with Crippen LogP contribution in [0.2, 0.25) is 0 Å². The summed E-state index contributed by atoms with van der Waals surface area (Å²) in [6.45, 7) is 10.2. The van der Waals surface area contributed by atoms with E-state index in [1.54, 1.807) is 0 Å². The Bertz CT molecular complexity index is 1220. The number of carbonyl (C=O) groups is 2. The van der Waals surface area contributed by atoms with Crippen molar-refractivity contribution in [2.45, 2.75) is 89.3 Å². The molecule has 6 rings (SSSR count). The van der Waals surface area contributed by atoms with E-state index in [4.69, 9.17) is 14.5 Å². The minimum Gasteiger partial charge on any atom is -0.480 e. The molecule has 2 amide bonds. The Morgan fingerprint density at radius 1 is 1.24 bits per heavy atom. The minimum atomic E-state index is -0.576. The lowest BCUT2D eigenvalue weighted by Gasteiger charge is -2.46. The van der Waals surface area contributed by atoms with Crippen LogP contribution >= 0.6 is 0 Å². The van der Waals surface area contributed by atoms with E-state index < -0.39 is 5.60 Å². The molecule has 37 heavy (non-hydrogen) atoms. The topological polar surface area (TPSA) is 87.8 Å². The first-order valence-corrected chi connectivity index (χ1v) is 13.7. The normalized spacial score (nSPS) is 28.3. The van der Waals surface area contributed by atoms with Gasteiger partial charge in [-0.1, -0.05) is 6.07 Å². The van der Waals surface area contributed by atoms with E-state index in [1.165, 1.54) is 0 Å². The molecular formula is C29H38N4O4. The molecule has 8 nitrogen and oxygen atoms in total. The van der Waals surface area contributed by atoms with Crippen molar-refractivity contribution in [1.82, 2.24) is 19.8 Å². The van der Waals surface area contributed by atoms with E-state index in [2.05, 4.69) is 50.9 Å². The lowest BCUT2D eigenvalue weighted by Crippen LogP contribution is -2.53. The number of aryl methyl sites for hydroxylation is 1. The molecule has 1 aromatic heterocycles. The number of hydrogen-bond acceptors (Lipinski definition) is 5. The van der Waals surface area contributed by atoms with Crippen LogP contribution in [0, 0.1) is 12.8 Å². The summed E-state index contributed by atoms with van der Waals surface area (Å²) in [6.07, 6.45) is 6.15. The van der Waals surface area contributed by atoms with Gasteiger partial charge < -0.3 is 24.3 Å². The number of amides is 2. The maximum absolute atomic E-state index is 12.8. The second kappa shape index (κ2) is 8.77. The number of rotatable bonds is 4. The molecule has 0 bridgehead atoms. The Morgan fingerprint density at radius 3 is 2.76 bits per heavy atom. The van der Waals surface area contributed by atoms with Crippen LogP contribution in [0.4, 0.5) is 4.79 Å². The molecule has 4 heterocycles. The Morgan fingerprint density at radius 2 is 2.05 bits per heavy atom. The summed E-state index contributed by atoms with van der Waals surface area (Å²) in [7, 11) is 0. The van der Waals surface area contributed by atoms with Crippen LogP contribution in [0.1, 0.15) is 82.3 Å². The highest BCUT2D eigenvalue weighted by Gasteiger charge is 2.50. The van der Waals surface area contributed by atoms with Crippen molar-refractivity contribution < 1.29 is 19.1 Å². The first kappa shape index (κ1) is 24.3. The van der Waals surface area contributed by atoms with Gasteiger partial charge in [0.1, 0.15) is 11.6 Å². The molecule has 1 N–H and O–H groups in total. The molecule has 2 saturated heterocycles. The van der Waals surface area contributed by atoms with E-state index in [0.717, 1.165) is 72.7 Å². The maximum atomic E-state index is 12.8. The van der Waals surface area contributed by atoms with E-state index >= 15 is 0 Å². The fourth-order valence-electron chi connectivity index (χ4n) is 6.49. The van der Waals surface area contributed by atoms with E-state index in [0.29, 0.717) is 31.9 Å². The third kappa shape index (κ3) is 4.28. The van der Waals surface area contributed by atoms with Crippen LogP contribution in [0.5, 0.6) is 5.75 Å². The van der Waals surface area contributed by atoms with Gasteiger partial charge >= 0.3 is 6.09 Å².